The van der Waals surface area contributed by atoms with Crippen LogP contribution in [0.25, 0.3) is 0 Å². The van der Waals surface area contributed by atoms with Gasteiger partial charge in [0.2, 0.25) is 5.89 Å². The second-order valence-corrected chi connectivity index (χ2v) is 5.39. The van der Waals surface area contributed by atoms with Gasteiger partial charge >= 0.3 is 11.8 Å². The molecule has 1 aliphatic heterocycles. The number of allylic oxidation sites excluding steroid dienone is 2. The Bertz CT molecular complexity index is 816. The van der Waals surface area contributed by atoms with Crippen LogP contribution in [0.5, 0.6) is 0 Å². The van der Waals surface area contributed by atoms with Gasteiger partial charge in [-0.05, 0) is 6.92 Å². The van der Waals surface area contributed by atoms with Crippen molar-refractivity contribution in [2.24, 2.45) is 0 Å². The molecular formula is C16H17N7O2. The summed E-state index contributed by atoms with van der Waals surface area (Å²) < 4.78 is 5.41. The van der Waals surface area contributed by atoms with Crippen LogP contribution in [0.3, 0.4) is 0 Å². The number of hydrogen-bond acceptors (Lipinski definition) is 8. The zero-order valence-corrected chi connectivity index (χ0v) is 13.8. The zero-order valence-electron chi connectivity index (χ0n) is 13.8. The lowest BCUT2D eigenvalue weighted by molar-refractivity contribution is 0.0704. The van der Waals surface area contributed by atoms with E-state index in [1.54, 1.807) is 11.1 Å². The van der Waals surface area contributed by atoms with Crippen LogP contribution in [-0.2, 0) is 6.42 Å². The summed E-state index contributed by atoms with van der Waals surface area (Å²) in [5.41, 5.74) is 0.285. The van der Waals surface area contributed by atoms with Crippen molar-refractivity contribution < 1.29 is 9.21 Å². The van der Waals surface area contributed by atoms with Crippen LogP contribution in [-0.4, -0.2) is 57.2 Å². The first-order valence-corrected chi connectivity index (χ1v) is 7.91. The summed E-state index contributed by atoms with van der Waals surface area (Å²) in [6, 6.07) is 2.04. The van der Waals surface area contributed by atoms with Crippen molar-refractivity contribution in [3.63, 3.8) is 0 Å². The van der Waals surface area contributed by atoms with E-state index < -0.39 is 0 Å². The standard InChI is InChI=1S/C16H17N7O2/c1-2-3-4-13-20-21-15(25-13)16(24)23-9-7-22(8-10-23)14-12(11-17)18-5-6-19-14/h2-3,5-6H,4,7-10H2,1H3/b3-2+. The predicted octanol–water partition coefficient (Wildman–Crippen LogP) is 0.812. The van der Waals surface area contributed by atoms with Crippen LogP contribution in [0.15, 0.2) is 29.0 Å². The lowest BCUT2D eigenvalue weighted by Crippen LogP contribution is -2.49. The summed E-state index contributed by atoms with van der Waals surface area (Å²) in [7, 11) is 0. The SMILES string of the molecule is C/C=C/Cc1nnc(C(=O)N2CCN(c3nccnc3C#N)CC2)o1. The predicted molar refractivity (Wildman–Crippen MR) is 87.7 cm³/mol. The Morgan fingerprint density at radius 2 is 2.04 bits per heavy atom. The van der Waals surface area contributed by atoms with Gasteiger partial charge in [-0.25, -0.2) is 9.97 Å². The van der Waals surface area contributed by atoms with Gasteiger partial charge in [0.1, 0.15) is 6.07 Å². The third-order valence-electron chi connectivity index (χ3n) is 3.83. The van der Waals surface area contributed by atoms with Crippen molar-refractivity contribution in [2.45, 2.75) is 13.3 Å². The van der Waals surface area contributed by atoms with Crippen molar-refractivity contribution in [3.8, 4) is 6.07 Å². The highest BCUT2D eigenvalue weighted by Gasteiger charge is 2.27. The summed E-state index contributed by atoms with van der Waals surface area (Å²) >= 11 is 0. The quantitative estimate of drug-likeness (QED) is 0.752. The first kappa shape index (κ1) is 16.6. The molecule has 0 radical (unpaired) electrons. The van der Waals surface area contributed by atoms with Gasteiger partial charge in [0, 0.05) is 45.0 Å². The molecule has 3 heterocycles. The van der Waals surface area contributed by atoms with Crippen molar-refractivity contribution in [1.29, 1.82) is 5.26 Å². The number of aromatic nitrogens is 4. The second-order valence-electron chi connectivity index (χ2n) is 5.39. The van der Waals surface area contributed by atoms with Crippen LogP contribution < -0.4 is 4.90 Å². The normalized spacial score (nSPS) is 14.7. The fourth-order valence-corrected chi connectivity index (χ4v) is 2.54. The first-order chi connectivity index (χ1) is 12.2. The van der Waals surface area contributed by atoms with Crippen molar-refractivity contribution in [1.82, 2.24) is 25.1 Å². The summed E-state index contributed by atoms with van der Waals surface area (Å²) in [5.74, 6) is 0.686. The Morgan fingerprint density at radius 1 is 1.28 bits per heavy atom. The Kier molecular flexibility index (Phi) is 4.99. The van der Waals surface area contributed by atoms with Crippen molar-refractivity contribution >= 4 is 11.7 Å². The van der Waals surface area contributed by atoms with Gasteiger partial charge in [-0.15, -0.1) is 10.2 Å². The van der Waals surface area contributed by atoms with Gasteiger partial charge in [-0.2, -0.15) is 5.26 Å². The molecule has 1 aliphatic rings. The lowest BCUT2D eigenvalue weighted by atomic mass is 10.3. The van der Waals surface area contributed by atoms with Crippen LogP contribution >= 0.6 is 0 Å². The van der Waals surface area contributed by atoms with E-state index in [4.69, 9.17) is 9.68 Å². The van der Waals surface area contributed by atoms with Crippen LogP contribution in [0.1, 0.15) is 29.2 Å². The molecule has 1 amide bonds. The minimum atomic E-state index is -0.279. The number of rotatable bonds is 4. The van der Waals surface area contributed by atoms with Crippen LogP contribution in [0, 0.1) is 11.3 Å². The molecule has 0 N–H and O–H groups in total. The molecule has 3 rings (SSSR count). The van der Waals surface area contributed by atoms with Crippen LogP contribution in [0.4, 0.5) is 5.82 Å². The first-order valence-electron chi connectivity index (χ1n) is 7.91. The van der Waals surface area contributed by atoms with Gasteiger partial charge in [-0.1, -0.05) is 12.2 Å². The van der Waals surface area contributed by atoms with Gasteiger partial charge in [0.15, 0.2) is 11.5 Å². The molecule has 1 fully saturated rings. The minimum Gasteiger partial charge on any atom is -0.417 e. The number of hydrogen-bond donors (Lipinski definition) is 0. The Morgan fingerprint density at radius 3 is 2.76 bits per heavy atom. The molecule has 0 atom stereocenters. The number of carbonyl (C=O) groups excluding carboxylic acids is 1. The minimum absolute atomic E-state index is 0.00479. The Balaban J connectivity index is 1.63. The van der Waals surface area contributed by atoms with E-state index in [-0.39, 0.29) is 17.5 Å². The van der Waals surface area contributed by atoms with Gasteiger partial charge < -0.3 is 14.2 Å². The number of amides is 1. The highest BCUT2D eigenvalue weighted by Crippen LogP contribution is 2.17. The number of piperazine rings is 1. The molecule has 0 saturated carbocycles. The molecule has 0 unspecified atom stereocenters. The number of nitriles is 1. The highest BCUT2D eigenvalue weighted by molar-refractivity contribution is 5.89. The average Bonchev–Trinajstić information content (AvgIpc) is 3.15. The van der Waals surface area contributed by atoms with E-state index in [0.717, 1.165) is 0 Å². The Labute approximate surface area is 144 Å². The molecule has 9 nitrogen and oxygen atoms in total. The Hall–Kier alpha value is -3.28. The molecule has 0 aromatic carbocycles. The van der Waals surface area contributed by atoms with Gasteiger partial charge in [0.25, 0.3) is 0 Å². The molecule has 2 aromatic rings. The third-order valence-corrected chi connectivity index (χ3v) is 3.83. The molecule has 0 aliphatic carbocycles. The maximum atomic E-state index is 12.5. The molecule has 2 aromatic heterocycles. The second kappa shape index (κ2) is 7.53. The third kappa shape index (κ3) is 3.63. The fraction of sp³-hybridized carbons (Fsp3) is 0.375. The molecule has 1 saturated heterocycles. The van der Waals surface area contributed by atoms with E-state index in [1.807, 2.05) is 30.0 Å². The lowest BCUT2D eigenvalue weighted by Gasteiger charge is -2.34. The smallest absolute Gasteiger partial charge is 0.311 e. The van der Waals surface area contributed by atoms with Gasteiger partial charge in [-0.3, -0.25) is 4.79 Å². The van der Waals surface area contributed by atoms with Gasteiger partial charge in [0.05, 0.1) is 0 Å². The summed E-state index contributed by atoms with van der Waals surface area (Å²) in [5, 5.41) is 16.8. The zero-order chi connectivity index (χ0) is 17.6. The highest BCUT2D eigenvalue weighted by atomic mass is 16.4. The van der Waals surface area contributed by atoms with Crippen molar-refractivity contribution in [2.75, 3.05) is 31.1 Å². The molecule has 0 bridgehead atoms. The maximum absolute atomic E-state index is 12.5. The molecular weight excluding hydrogens is 322 g/mol. The number of nitrogens with zero attached hydrogens (tertiary/aromatic N) is 7. The van der Waals surface area contributed by atoms with Crippen molar-refractivity contribution in [3.05, 3.63) is 42.0 Å². The van der Waals surface area contributed by atoms with E-state index >= 15 is 0 Å². The number of carbonyl (C=O) groups is 1. The molecule has 128 valence electrons. The van der Waals surface area contributed by atoms with Crippen LogP contribution in [0.2, 0.25) is 0 Å². The molecule has 0 spiro atoms. The summed E-state index contributed by atoms with van der Waals surface area (Å²) in [6.45, 7) is 3.97. The molecule has 25 heavy (non-hydrogen) atoms. The van der Waals surface area contributed by atoms with E-state index in [0.29, 0.717) is 44.3 Å². The summed E-state index contributed by atoms with van der Waals surface area (Å²) in [6.07, 6.45) is 7.32. The van der Waals surface area contributed by atoms with E-state index in [9.17, 15) is 4.79 Å². The topological polar surface area (TPSA) is 112 Å². The van der Waals surface area contributed by atoms with E-state index in [1.165, 1.54) is 6.20 Å². The molecule has 9 heteroatoms. The summed E-state index contributed by atoms with van der Waals surface area (Å²) in [4.78, 5) is 24.3. The van der Waals surface area contributed by atoms with E-state index in [2.05, 4.69) is 20.2 Å². The largest absolute Gasteiger partial charge is 0.417 e. The fourth-order valence-electron chi connectivity index (χ4n) is 2.54. The average molecular weight is 339 g/mol. The monoisotopic (exact) mass is 339 g/mol. The maximum Gasteiger partial charge on any atom is 0.311 e. The number of anilines is 1.